The molecule has 0 saturated heterocycles. The molecule has 0 aromatic heterocycles. The average Bonchev–Trinajstić information content (AvgIpc) is 3.28. The van der Waals surface area contributed by atoms with E-state index in [2.05, 4.69) is 37.4 Å². The maximum atomic E-state index is 13.9. The number of nitro benzene ring substituents is 1. The van der Waals surface area contributed by atoms with Crippen LogP contribution >= 0.6 is 11.8 Å². The van der Waals surface area contributed by atoms with E-state index in [1.807, 2.05) is 30.3 Å². The molecule has 1 amide bonds. The summed E-state index contributed by atoms with van der Waals surface area (Å²) in [6, 6.07) is 21.5. The van der Waals surface area contributed by atoms with Crippen molar-refractivity contribution < 1.29 is 43.7 Å². The summed E-state index contributed by atoms with van der Waals surface area (Å²) in [4.78, 5) is 33.6. The van der Waals surface area contributed by atoms with Gasteiger partial charge in [-0.15, -0.1) is 24.9 Å². The fourth-order valence-corrected chi connectivity index (χ4v) is 9.76. The molecule has 1 saturated carbocycles. The van der Waals surface area contributed by atoms with E-state index in [1.54, 1.807) is 43.1 Å². The standard InChI is InChI=1S/C48H59N3O10S/c1-4-6-27-58-47(54)50(3)44-32-42(49-60-33-34-18-20-36(21-19-34)51(55)56)40-30-35(14-10-12-24-52)39(17-11-13-25-53)45-41-31-37(57-28-29-62-38-15-8-7-9-16-38)22-23-43(41)61-48(44,46(40)45)59-26-5-2/h4-5,7-9,15-16,18-23,30-31,35,39,44-46,52-53H,1-2,6,10-14,17,24-29,32-33H2,3H3/t35-,39+,44-,45+,46+,48+/m0/s1. The van der Waals surface area contributed by atoms with E-state index in [9.17, 15) is 25.1 Å². The Morgan fingerprint density at radius 2 is 1.77 bits per heavy atom. The summed E-state index contributed by atoms with van der Waals surface area (Å²) < 4.78 is 26.3. The van der Waals surface area contributed by atoms with Crippen molar-refractivity contribution >= 4 is 29.3 Å². The number of benzene rings is 3. The van der Waals surface area contributed by atoms with E-state index in [0.717, 1.165) is 42.6 Å². The van der Waals surface area contributed by atoms with Crippen molar-refractivity contribution in [2.45, 2.75) is 80.6 Å². The molecule has 62 heavy (non-hydrogen) atoms. The summed E-state index contributed by atoms with van der Waals surface area (Å²) in [5.74, 6) is 0.00843. The second-order valence-electron chi connectivity index (χ2n) is 15.8. The van der Waals surface area contributed by atoms with Gasteiger partial charge in [0.2, 0.25) is 5.79 Å². The molecule has 1 fully saturated rings. The number of unbranched alkanes of at least 4 members (excludes halogenated alkanes) is 2. The van der Waals surface area contributed by atoms with Gasteiger partial charge < -0.3 is 38.9 Å². The predicted molar refractivity (Wildman–Crippen MR) is 239 cm³/mol. The molecule has 2 N–H and O–H groups in total. The average molecular weight is 870 g/mol. The maximum Gasteiger partial charge on any atom is 0.409 e. The van der Waals surface area contributed by atoms with Gasteiger partial charge in [-0.05, 0) is 97.5 Å². The number of allylic oxidation sites excluding steroid dienone is 1. The molecule has 0 spiro atoms. The van der Waals surface area contributed by atoms with E-state index in [0.29, 0.717) is 48.6 Å². The monoisotopic (exact) mass is 869 g/mol. The van der Waals surface area contributed by atoms with Crippen LogP contribution in [-0.4, -0.2) is 89.5 Å². The summed E-state index contributed by atoms with van der Waals surface area (Å²) in [7, 11) is 1.68. The number of rotatable bonds is 24. The first-order chi connectivity index (χ1) is 30.2. The van der Waals surface area contributed by atoms with Gasteiger partial charge in [0.1, 0.15) is 24.1 Å². The predicted octanol–water partition coefficient (Wildman–Crippen LogP) is 9.24. The highest BCUT2D eigenvalue weighted by molar-refractivity contribution is 7.99. The molecule has 0 bridgehead atoms. The van der Waals surface area contributed by atoms with Crippen LogP contribution in [0.15, 0.2) is 120 Å². The van der Waals surface area contributed by atoms with E-state index in [-0.39, 0.29) is 62.9 Å². The Bertz CT molecular complexity index is 2030. The Morgan fingerprint density at radius 1 is 1.02 bits per heavy atom. The number of likely N-dealkylation sites (N-methyl/N-ethyl adjacent to an activating group) is 1. The van der Waals surface area contributed by atoms with Gasteiger partial charge in [-0.3, -0.25) is 10.1 Å². The minimum absolute atomic E-state index is 0.0227. The number of non-ortho nitro benzene ring substituents is 1. The van der Waals surface area contributed by atoms with Crippen molar-refractivity contribution in [3.05, 3.63) is 131 Å². The lowest BCUT2D eigenvalue weighted by Crippen LogP contribution is -2.69. The van der Waals surface area contributed by atoms with E-state index >= 15 is 0 Å². The van der Waals surface area contributed by atoms with Gasteiger partial charge in [0, 0.05) is 60.9 Å². The molecular weight excluding hydrogens is 811 g/mol. The van der Waals surface area contributed by atoms with Crippen LogP contribution in [-0.2, 0) is 20.9 Å². The smallest absolute Gasteiger partial charge is 0.409 e. The molecule has 1 aliphatic heterocycles. The zero-order valence-corrected chi connectivity index (χ0v) is 36.3. The van der Waals surface area contributed by atoms with Gasteiger partial charge in [0.05, 0.1) is 36.4 Å². The first kappa shape index (κ1) is 46.4. The number of thioether (sulfide) groups is 1. The fourth-order valence-electron chi connectivity index (χ4n) is 9.01. The second-order valence-corrected chi connectivity index (χ2v) is 17.0. The quantitative estimate of drug-likeness (QED) is 0.0290. The number of amides is 1. The number of hydrogen-bond donors (Lipinski definition) is 2. The number of fused-ring (bicyclic) bond motifs is 2. The van der Waals surface area contributed by atoms with Crippen molar-refractivity contribution in [2.24, 2.45) is 22.9 Å². The first-order valence-corrected chi connectivity index (χ1v) is 22.5. The highest BCUT2D eigenvalue weighted by Crippen LogP contribution is 2.61. The molecule has 3 aliphatic rings. The van der Waals surface area contributed by atoms with Gasteiger partial charge in [-0.2, -0.15) is 0 Å². The zero-order chi connectivity index (χ0) is 43.9. The summed E-state index contributed by atoms with van der Waals surface area (Å²) in [5, 5.41) is 35.9. The fraction of sp³-hybridized carbons (Fsp3) is 0.458. The lowest BCUT2D eigenvalue weighted by atomic mass is 9.55. The number of oxime groups is 1. The summed E-state index contributed by atoms with van der Waals surface area (Å²) in [6.07, 6.45) is 10.2. The molecule has 2 aliphatic carbocycles. The third-order valence-electron chi connectivity index (χ3n) is 11.9. The third-order valence-corrected chi connectivity index (χ3v) is 12.8. The highest BCUT2D eigenvalue weighted by Gasteiger charge is 2.65. The number of hydrogen-bond acceptors (Lipinski definition) is 12. The molecule has 6 rings (SSSR count). The van der Waals surface area contributed by atoms with Crippen LogP contribution in [0.1, 0.15) is 68.4 Å². The number of carbonyl (C=O) groups is 1. The van der Waals surface area contributed by atoms with E-state index in [1.165, 1.54) is 21.9 Å². The molecule has 0 radical (unpaired) electrons. The molecule has 13 nitrogen and oxygen atoms in total. The summed E-state index contributed by atoms with van der Waals surface area (Å²) in [5.41, 5.74) is 3.14. The normalized spacial score (nSPS) is 22.9. The Kier molecular flexibility index (Phi) is 17.0. The Hall–Kier alpha value is -5.15. The van der Waals surface area contributed by atoms with Crippen LogP contribution in [0.25, 0.3) is 0 Å². The maximum absolute atomic E-state index is 13.9. The number of aliphatic hydroxyl groups is 2. The van der Waals surface area contributed by atoms with Crippen LogP contribution in [0.5, 0.6) is 11.5 Å². The number of nitro groups is 1. The van der Waals surface area contributed by atoms with Crippen LogP contribution < -0.4 is 9.47 Å². The van der Waals surface area contributed by atoms with E-state index < -0.39 is 28.8 Å². The molecular formula is C48H59N3O10S. The van der Waals surface area contributed by atoms with Crippen LogP contribution in [0.3, 0.4) is 0 Å². The van der Waals surface area contributed by atoms with Gasteiger partial charge in [0.15, 0.2) is 0 Å². The lowest BCUT2D eigenvalue weighted by Gasteiger charge is -2.59. The van der Waals surface area contributed by atoms with Crippen molar-refractivity contribution in [1.82, 2.24) is 4.90 Å². The molecule has 0 unspecified atom stereocenters. The minimum Gasteiger partial charge on any atom is -0.493 e. The topological polar surface area (TPSA) is 162 Å². The number of ether oxygens (including phenoxy) is 4. The van der Waals surface area contributed by atoms with Crippen molar-refractivity contribution in [1.29, 1.82) is 0 Å². The van der Waals surface area contributed by atoms with Gasteiger partial charge in [-0.25, -0.2) is 4.79 Å². The van der Waals surface area contributed by atoms with Crippen molar-refractivity contribution in [3.63, 3.8) is 0 Å². The summed E-state index contributed by atoms with van der Waals surface area (Å²) in [6.45, 7) is 8.72. The van der Waals surface area contributed by atoms with Crippen molar-refractivity contribution in [2.75, 3.05) is 45.8 Å². The van der Waals surface area contributed by atoms with Gasteiger partial charge >= 0.3 is 6.09 Å². The number of aliphatic hydroxyl groups excluding tert-OH is 2. The van der Waals surface area contributed by atoms with Gasteiger partial charge in [-0.1, -0.05) is 54.4 Å². The third kappa shape index (κ3) is 11.1. The van der Waals surface area contributed by atoms with Crippen LogP contribution in [0.2, 0.25) is 0 Å². The SMILES string of the molecule is C=CCCOC(=O)N(C)[C@H]1CC(=NOCc2ccc([N+](=O)[O-])cc2)C2=C[C@H](CCCCO)[C@@H](CCCCO)[C@@H]3c4cc(OCCSc5ccccc5)ccc4O[C@@]1(OCC=C)[C@H]23. The van der Waals surface area contributed by atoms with E-state index in [4.69, 9.17) is 28.9 Å². The largest absolute Gasteiger partial charge is 0.493 e. The Balaban J connectivity index is 1.47. The van der Waals surface area contributed by atoms with Crippen LogP contribution in [0.4, 0.5) is 10.5 Å². The lowest BCUT2D eigenvalue weighted by molar-refractivity contribution is -0.384. The molecule has 3 aromatic carbocycles. The molecule has 6 atom stereocenters. The first-order valence-electron chi connectivity index (χ1n) is 21.5. The Labute approximate surface area is 368 Å². The number of nitrogens with zero attached hydrogens (tertiary/aromatic N) is 3. The highest BCUT2D eigenvalue weighted by atomic mass is 32.2. The Morgan fingerprint density at radius 3 is 2.48 bits per heavy atom. The number of carbonyl (C=O) groups excluding carboxylic acids is 1. The molecule has 14 heteroatoms. The second kappa shape index (κ2) is 22.8. The summed E-state index contributed by atoms with van der Waals surface area (Å²) >= 11 is 1.72. The van der Waals surface area contributed by atoms with Gasteiger partial charge in [0.25, 0.3) is 5.69 Å². The van der Waals surface area contributed by atoms with Crippen molar-refractivity contribution in [3.8, 4) is 11.5 Å². The molecule has 1 heterocycles. The minimum atomic E-state index is -1.43. The van der Waals surface area contributed by atoms with Crippen LogP contribution in [0, 0.1) is 27.9 Å². The molecule has 3 aromatic rings. The molecule has 332 valence electrons. The zero-order valence-electron chi connectivity index (χ0n) is 35.5.